The van der Waals surface area contributed by atoms with Crippen molar-refractivity contribution >= 4 is 11.7 Å². The van der Waals surface area contributed by atoms with Gasteiger partial charge in [0.2, 0.25) is 0 Å². The van der Waals surface area contributed by atoms with Crippen LogP contribution in [0.1, 0.15) is 50.7 Å². The minimum atomic E-state index is 0.0492. The molecule has 110 valence electrons. The fourth-order valence-corrected chi connectivity index (χ4v) is 2.74. The van der Waals surface area contributed by atoms with E-state index in [-0.39, 0.29) is 6.03 Å². The maximum atomic E-state index is 12.4. The number of piperidine rings is 1. The topological polar surface area (TPSA) is 32.3 Å². The first-order valence-corrected chi connectivity index (χ1v) is 7.64. The maximum Gasteiger partial charge on any atom is 0.321 e. The fourth-order valence-electron chi connectivity index (χ4n) is 2.74. The third kappa shape index (κ3) is 3.33. The number of likely N-dealkylation sites (tertiary alicyclic amines) is 1. The molecule has 1 aromatic carbocycles. The predicted molar refractivity (Wildman–Crippen MR) is 84.3 cm³/mol. The second-order valence-electron chi connectivity index (χ2n) is 6.29. The molecule has 0 aromatic heterocycles. The first-order valence-electron chi connectivity index (χ1n) is 7.64. The Hall–Kier alpha value is -1.51. The molecule has 1 fully saturated rings. The van der Waals surface area contributed by atoms with Crippen molar-refractivity contribution in [2.75, 3.05) is 18.4 Å². The normalized spacial score (nSPS) is 16.6. The van der Waals surface area contributed by atoms with Gasteiger partial charge in [0.1, 0.15) is 0 Å². The molecule has 0 spiro atoms. The van der Waals surface area contributed by atoms with Crippen molar-refractivity contribution in [3.05, 3.63) is 29.3 Å². The molecule has 1 aromatic rings. The number of amides is 2. The van der Waals surface area contributed by atoms with Gasteiger partial charge in [-0.15, -0.1) is 0 Å². The van der Waals surface area contributed by atoms with Crippen LogP contribution >= 0.6 is 0 Å². The number of hydrogen-bond acceptors (Lipinski definition) is 1. The highest BCUT2D eigenvalue weighted by Crippen LogP contribution is 2.28. The van der Waals surface area contributed by atoms with Crippen molar-refractivity contribution in [3.8, 4) is 0 Å². The van der Waals surface area contributed by atoms with Gasteiger partial charge in [-0.05, 0) is 42.7 Å². The van der Waals surface area contributed by atoms with E-state index in [4.69, 9.17) is 0 Å². The van der Waals surface area contributed by atoms with Crippen molar-refractivity contribution in [1.29, 1.82) is 0 Å². The van der Waals surface area contributed by atoms with E-state index in [1.165, 1.54) is 5.56 Å². The largest absolute Gasteiger partial charge is 0.325 e. The van der Waals surface area contributed by atoms with Gasteiger partial charge in [0.15, 0.2) is 0 Å². The number of para-hydroxylation sites is 1. The quantitative estimate of drug-likeness (QED) is 0.852. The Morgan fingerprint density at radius 3 is 2.55 bits per heavy atom. The van der Waals surface area contributed by atoms with E-state index in [2.05, 4.69) is 51.2 Å². The van der Waals surface area contributed by atoms with Gasteiger partial charge in [0, 0.05) is 18.8 Å². The Kier molecular flexibility index (Phi) is 4.69. The van der Waals surface area contributed by atoms with Crippen LogP contribution in [0.2, 0.25) is 0 Å². The summed E-state index contributed by atoms with van der Waals surface area (Å²) in [6.45, 7) is 10.4. The molecule has 0 radical (unpaired) electrons. The van der Waals surface area contributed by atoms with Crippen molar-refractivity contribution in [1.82, 2.24) is 4.90 Å². The lowest BCUT2D eigenvalue weighted by Crippen LogP contribution is -2.40. The van der Waals surface area contributed by atoms with Crippen LogP contribution in [-0.2, 0) is 0 Å². The van der Waals surface area contributed by atoms with Gasteiger partial charge in [0.25, 0.3) is 0 Å². The Bertz CT molecular complexity index is 474. The number of benzene rings is 1. The standard InChI is InChI=1S/C17H26N2O/c1-12(2)15-7-5-6-14(4)16(15)18-17(20)19-10-8-13(3)9-11-19/h5-7,12-13H,8-11H2,1-4H3,(H,18,20). The number of nitrogens with zero attached hydrogens (tertiary/aromatic N) is 1. The van der Waals surface area contributed by atoms with Gasteiger partial charge in [-0.1, -0.05) is 39.0 Å². The van der Waals surface area contributed by atoms with Crippen LogP contribution in [0.4, 0.5) is 10.5 Å². The summed E-state index contributed by atoms with van der Waals surface area (Å²) in [4.78, 5) is 14.4. The number of aryl methyl sites for hydroxylation is 1. The lowest BCUT2D eigenvalue weighted by molar-refractivity contribution is 0.186. The van der Waals surface area contributed by atoms with Gasteiger partial charge < -0.3 is 10.2 Å². The van der Waals surface area contributed by atoms with Gasteiger partial charge in [0.05, 0.1) is 0 Å². The summed E-state index contributed by atoms with van der Waals surface area (Å²) in [5.74, 6) is 1.15. The molecule has 0 saturated carbocycles. The summed E-state index contributed by atoms with van der Waals surface area (Å²) in [6, 6.07) is 6.27. The van der Waals surface area contributed by atoms with Crippen molar-refractivity contribution in [2.45, 2.75) is 46.5 Å². The van der Waals surface area contributed by atoms with E-state index in [1.54, 1.807) is 0 Å². The van der Waals surface area contributed by atoms with E-state index in [0.29, 0.717) is 5.92 Å². The lowest BCUT2D eigenvalue weighted by atomic mass is 9.98. The van der Waals surface area contributed by atoms with Crippen LogP contribution in [-0.4, -0.2) is 24.0 Å². The number of nitrogens with one attached hydrogen (secondary N) is 1. The number of hydrogen-bond donors (Lipinski definition) is 1. The summed E-state index contributed by atoms with van der Waals surface area (Å²) >= 11 is 0. The molecule has 2 rings (SSSR count). The zero-order valence-corrected chi connectivity index (χ0v) is 13.1. The number of carbonyl (C=O) groups excluding carboxylic acids is 1. The fraction of sp³-hybridized carbons (Fsp3) is 0.588. The van der Waals surface area contributed by atoms with Crippen LogP contribution < -0.4 is 5.32 Å². The number of carbonyl (C=O) groups is 1. The Morgan fingerprint density at radius 1 is 1.30 bits per heavy atom. The highest BCUT2D eigenvalue weighted by molar-refractivity contribution is 5.91. The highest BCUT2D eigenvalue weighted by Gasteiger charge is 2.21. The molecule has 0 unspecified atom stereocenters. The third-order valence-corrected chi connectivity index (χ3v) is 4.23. The monoisotopic (exact) mass is 274 g/mol. The number of anilines is 1. The van der Waals surface area contributed by atoms with E-state index >= 15 is 0 Å². The van der Waals surface area contributed by atoms with Crippen molar-refractivity contribution in [2.24, 2.45) is 5.92 Å². The minimum absolute atomic E-state index is 0.0492. The second kappa shape index (κ2) is 6.29. The summed E-state index contributed by atoms with van der Waals surface area (Å²) in [7, 11) is 0. The third-order valence-electron chi connectivity index (χ3n) is 4.23. The predicted octanol–water partition coefficient (Wildman–Crippen LogP) is 4.38. The van der Waals surface area contributed by atoms with Crippen LogP contribution in [0.3, 0.4) is 0 Å². The van der Waals surface area contributed by atoms with Gasteiger partial charge in [-0.25, -0.2) is 4.79 Å². The van der Waals surface area contributed by atoms with Crippen molar-refractivity contribution in [3.63, 3.8) is 0 Å². The van der Waals surface area contributed by atoms with Crippen LogP contribution in [0.15, 0.2) is 18.2 Å². The molecule has 1 aliphatic heterocycles. The molecule has 3 nitrogen and oxygen atoms in total. The van der Waals surface area contributed by atoms with Gasteiger partial charge in [-0.2, -0.15) is 0 Å². The van der Waals surface area contributed by atoms with Crippen LogP contribution in [0, 0.1) is 12.8 Å². The average molecular weight is 274 g/mol. The molecule has 20 heavy (non-hydrogen) atoms. The SMILES string of the molecule is Cc1cccc(C(C)C)c1NC(=O)N1CCC(C)CC1. The number of rotatable bonds is 2. The summed E-state index contributed by atoms with van der Waals surface area (Å²) in [5, 5.41) is 3.13. The van der Waals surface area contributed by atoms with E-state index in [1.807, 2.05) is 4.90 Å². The van der Waals surface area contributed by atoms with Crippen LogP contribution in [0.5, 0.6) is 0 Å². The maximum absolute atomic E-state index is 12.4. The lowest BCUT2D eigenvalue weighted by Gasteiger charge is -2.31. The number of urea groups is 1. The van der Waals surface area contributed by atoms with Crippen LogP contribution in [0.25, 0.3) is 0 Å². The first-order chi connectivity index (χ1) is 9.49. The molecular formula is C17H26N2O. The first kappa shape index (κ1) is 14.9. The Morgan fingerprint density at radius 2 is 1.95 bits per heavy atom. The Labute approximate surface area is 122 Å². The molecule has 2 amide bonds. The molecule has 1 saturated heterocycles. The second-order valence-corrected chi connectivity index (χ2v) is 6.29. The Balaban J connectivity index is 2.11. The molecule has 0 atom stereocenters. The summed E-state index contributed by atoms with van der Waals surface area (Å²) in [5.41, 5.74) is 3.34. The summed E-state index contributed by atoms with van der Waals surface area (Å²) in [6.07, 6.45) is 2.22. The molecule has 0 bridgehead atoms. The van der Waals surface area contributed by atoms with E-state index in [9.17, 15) is 4.79 Å². The summed E-state index contributed by atoms with van der Waals surface area (Å²) < 4.78 is 0. The van der Waals surface area contributed by atoms with Gasteiger partial charge >= 0.3 is 6.03 Å². The molecule has 1 N–H and O–H groups in total. The average Bonchev–Trinajstić information content (AvgIpc) is 2.41. The molecule has 0 aliphatic carbocycles. The molecule has 1 heterocycles. The smallest absolute Gasteiger partial charge is 0.321 e. The van der Waals surface area contributed by atoms with Crippen molar-refractivity contribution < 1.29 is 4.79 Å². The van der Waals surface area contributed by atoms with E-state index < -0.39 is 0 Å². The zero-order valence-electron chi connectivity index (χ0n) is 13.1. The van der Waals surface area contributed by atoms with Gasteiger partial charge in [-0.3, -0.25) is 0 Å². The molecule has 1 aliphatic rings. The highest BCUT2D eigenvalue weighted by atomic mass is 16.2. The molecule has 3 heteroatoms. The molecular weight excluding hydrogens is 248 g/mol. The minimum Gasteiger partial charge on any atom is -0.325 e. The van der Waals surface area contributed by atoms with E-state index in [0.717, 1.165) is 43.1 Å². The zero-order chi connectivity index (χ0) is 14.7.